The van der Waals surface area contributed by atoms with Gasteiger partial charge in [-0.25, -0.2) is 4.98 Å². The van der Waals surface area contributed by atoms with Crippen LogP contribution in [0.5, 0.6) is 11.5 Å². The molecule has 3 aromatic carbocycles. The Kier molecular flexibility index (Phi) is 10.0. The van der Waals surface area contributed by atoms with E-state index in [1.54, 1.807) is 43.5 Å². The number of methoxy groups -OCH3 is 1. The Morgan fingerprint density at radius 2 is 1.83 bits per heavy atom. The minimum absolute atomic E-state index is 0.171. The fourth-order valence-electron chi connectivity index (χ4n) is 4.07. The summed E-state index contributed by atoms with van der Waals surface area (Å²) in [6, 6.07) is 18.4. The standard InChI is InChI=1S/C32H29Cl2N3O4/c1-20-9-12-23-6-4-8-27(31(23)37-20)41-19-25-26(33)15-13-22(30(25)34)7-5-17-36-29(38)16-11-21-10-14-24(32(39)35-2)28(18-21)40-3/h4-16,18H,17,19H2,1-3H3,(H,35,39)(H,36,38). The molecule has 41 heavy (non-hydrogen) atoms. The molecule has 2 N–H and O–H groups in total. The van der Waals surface area contributed by atoms with Gasteiger partial charge in [0.05, 0.1) is 17.7 Å². The van der Waals surface area contributed by atoms with Gasteiger partial charge in [-0.3, -0.25) is 9.59 Å². The minimum atomic E-state index is -0.278. The van der Waals surface area contributed by atoms with E-state index in [-0.39, 0.29) is 25.0 Å². The predicted molar refractivity (Wildman–Crippen MR) is 165 cm³/mol. The third-order valence-electron chi connectivity index (χ3n) is 6.23. The molecule has 1 aromatic heterocycles. The Bertz CT molecular complexity index is 1650. The monoisotopic (exact) mass is 589 g/mol. The van der Waals surface area contributed by atoms with Gasteiger partial charge in [0.25, 0.3) is 5.91 Å². The lowest BCUT2D eigenvalue weighted by Crippen LogP contribution is -2.20. The fourth-order valence-corrected chi connectivity index (χ4v) is 4.61. The summed E-state index contributed by atoms with van der Waals surface area (Å²) < 4.78 is 11.4. The normalized spacial score (nSPS) is 11.2. The van der Waals surface area contributed by atoms with Crippen molar-refractivity contribution < 1.29 is 19.1 Å². The SMILES string of the molecule is CNC(=O)c1ccc(C=CC(=O)NCC=Cc2ccc(Cl)c(COc3cccc4ccc(C)nc34)c2Cl)cc1OC. The number of carbonyl (C=O) groups excluding carboxylic acids is 2. The number of benzene rings is 3. The highest BCUT2D eigenvalue weighted by Gasteiger charge is 2.13. The molecule has 0 aliphatic rings. The molecule has 4 aromatic rings. The number of aryl methyl sites for hydroxylation is 1. The van der Waals surface area contributed by atoms with Gasteiger partial charge in [-0.15, -0.1) is 0 Å². The molecule has 1 heterocycles. The molecular weight excluding hydrogens is 561 g/mol. The lowest BCUT2D eigenvalue weighted by Gasteiger charge is -2.13. The smallest absolute Gasteiger partial charge is 0.254 e. The Balaban J connectivity index is 1.37. The van der Waals surface area contributed by atoms with Crippen molar-refractivity contribution >= 4 is 58.1 Å². The topological polar surface area (TPSA) is 89.6 Å². The predicted octanol–water partition coefficient (Wildman–Crippen LogP) is 6.64. The van der Waals surface area contributed by atoms with E-state index in [1.807, 2.05) is 49.4 Å². The van der Waals surface area contributed by atoms with Crippen molar-refractivity contribution in [3.05, 3.63) is 111 Å². The van der Waals surface area contributed by atoms with E-state index in [0.717, 1.165) is 27.7 Å². The molecule has 0 saturated heterocycles. The van der Waals surface area contributed by atoms with Gasteiger partial charge in [-0.05, 0) is 54.5 Å². The van der Waals surface area contributed by atoms with E-state index < -0.39 is 0 Å². The third kappa shape index (κ3) is 7.45. The molecule has 210 valence electrons. The van der Waals surface area contributed by atoms with Crippen molar-refractivity contribution in [3.63, 3.8) is 0 Å². The number of hydrogen-bond acceptors (Lipinski definition) is 5. The van der Waals surface area contributed by atoms with Crippen LogP contribution in [-0.2, 0) is 11.4 Å². The van der Waals surface area contributed by atoms with Gasteiger partial charge in [0, 0.05) is 41.3 Å². The number of rotatable bonds is 10. The van der Waals surface area contributed by atoms with Crippen LogP contribution in [0, 0.1) is 6.92 Å². The first-order valence-electron chi connectivity index (χ1n) is 12.8. The number of halogens is 2. The number of para-hydroxylation sites is 1. The average Bonchev–Trinajstić information content (AvgIpc) is 2.98. The van der Waals surface area contributed by atoms with Crippen molar-refractivity contribution in [1.29, 1.82) is 0 Å². The molecule has 0 spiro atoms. The number of fused-ring (bicyclic) bond motifs is 1. The number of nitrogens with zero attached hydrogens (tertiary/aromatic N) is 1. The van der Waals surface area contributed by atoms with E-state index in [2.05, 4.69) is 15.6 Å². The first-order chi connectivity index (χ1) is 19.8. The molecule has 9 heteroatoms. The van der Waals surface area contributed by atoms with Gasteiger partial charge in [-0.2, -0.15) is 0 Å². The van der Waals surface area contributed by atoms with E-state index in [4.69, 9.17) is 32.7 Å². The molecular formula is C32H29Cl2N3O4. The van der Waals surface area contributed by atoms with Gasteiger partial charge in [0.15, 0.2) is 0 Å². The fraction of sp³-hybridized carbons (Fsp3) is 0.156. The molecule has 0 atom stereocenters. The maximum absolute atomic E-state index is 12.3. The second-order valence-corrected chi connectivity index (χ2v) is 9.80. The number of pyridine rings is 1. The number of amides is 2. The van der Waals surface area contributed by atoms with Crippen LogP contribution in [0.25, 0.3) is 23.1 Å². The molecule has 7 nitrogen and oxygen atoms in total. The summed E-state index contributed by atoms with van der Waals surface area (Å²) in [6.45, 7) is 2.39. The van der Waals surface area contributed by atoms with E-state index in [0.29, 0.717) is 32.7 Å². The average molecular weight is 591 g/mol. The zero-order valence-electron chi connectivity index (χ0n) is 22.8. The summed E-state index contributed by atoms with van der Waals surface area (Å²) >= 11 is 13.1. The van der Waals surface area contributed by atoms with Crippen LogP contribution < -0.4 is 20.1 Å². The van der Waals surface area contributed by atoms with E-state index in [9.17, 15) is 9.59 Å². The minimum Gasteiger partial charge on any atom is -0.496 e. The Morgan fingerprint density at radius 1 is 1.00 bits per heavy atom. The first-order valence-corrected chi connectivity index (χ1v) is 13.5. The first kappa shape index (κ1) is 29.6. The quantitative estimate of drug-likeness (QED) is 0.202. The highest BCUT2D eigenvalue weighted by Crippen LogP contribution is 2.32. The maximum Gasteiger partial charge on any atom is 0.254 e. The van der Waals surface area contributed by atoms with Crippen LogP contribution in [0.4, 0.5) is 0 Å². The van der Waals surface area contributed by atoms with Crippen molar-refractivity contribution in [1.82, 2.24) is 15.6 Å². The molecule has 0 fully saturated rings. The zero-order valence-corrected chi connectivity index (χ0v) is 24.3. The van der Waals surface area contributed by atoms with Crippen LogP contribution in [-0.4, -0.2) is 37.5 Å². The van der Waals surface area contributed by atoms with Crippen molar-refractivity contribution in [2.24, 2.45) is 0 Å². The van der Waals surface area contributed by atoms with Crippen LogP contribution in [0.3, 0.4) is 0 Å². The molecule has 0 unspecified atom stereocenters. The third-order valence-corrected chi connectivity index (χ3v) is 7.03. The summed E-state index contributed by atoms with van der Waals surface area (Å²) in [6.07, 6.45) is 6.67. The van der Waals surface area contributed by atoms with Gasteiger partial charge in [0.2, 0.25) is 5.91 Å². The van der Waals surface area contributed by atoms with Crippen LogP contribution >= 0.6 is 23.2 Å². The molecule has 2 amide bonds. The molecule has 0 bridgehead atoms. The number of ether oxygens (including phenoxy) is 2. The van der Waals surface area contributed by atoms with Gasteiger partial charge in [0.1, 0.15) is 23.6 Å². The number of aromatic nitrogens is 1. The number of hydrogen-bond donors (Lipinski definition) is 2. The summed E-state index contributed by atoms with van der Waals surface area (Å²) in [4.78, 5) is 28.8. The lowest BCUT2D eigenvalue weighted by atomic mass is 10.1. The Labute approximate surface area is 248 Å². The molecule has 0 aliphatic heterocycles. The van der Waals surface area contributed by atoms with Gasteiger partial charge in [-0.1, -0.05) is 65.7 Å². The Hall–Kier alpha value is -4.33. The number of nitrogens with one attached hydrogen (secondary N) is 2. The van der Waals surface area contributed by atoms with Crippen LogP contribution in [0.2, 0.25) is 10.0 Å². The largest absolute Gasteiger partial charge is 0.496 e. The van der Waals surface area contributed by atoms with Crippen molar-refractivity contribution in [2.45, 2.75) is 13.5 Å². The van der Waals surface area contributed by atoms with Gasteiger partial charge < -0.3 is 20.1 Å². The van der Waals surface area contributed by atoms with Crippen molar-refractivity contribution in [2.75, 3.05) is 20.7 Å². The summed E-state index contributed by atoms with van der Waals surface area (Å²) in [5.74, 6) is 0.540. The second-order valence-electron chi connectivity index (χ2n) is 9.02. The zero-order chi connectivity index (χ0) is 29.4. The second kappa shape index (κ2) is 13.8. The maximum atomic E-state index is 12.3. The highest BCUT2D eigenvalue weighted by molar-refractivity contribution is 6.36. The van der Waals surface area contributed by atoms with E-state index in [1.165, 1.54) is 13.2 Å². The molecule has 4 rings (SSSR count). The number of carbonyl (C=O) groups is 2. The lowest BCUT2D eigenvalue weighted by molar-refractivity contribution is -0.116. The van der Waals surface area contributed by atoms with Gasteiger partial charge >= 0.3 is 0 Å². The Morgan fingerprint density at radius 3 is 2.61 bits per heavy atom. The molecule has 0 aliphatic carbocycles. The highest BCUT2D eigenvalue weighted by atomic mass is 35.5. The summed E-state index contributed by atoms with van der Waals surface area (Å²) in [5.41, 5.74) is 4.21. The van der Waals surface area contributed by atoms with Crippen LogP contribution in [0.15, 0.2) is 72.8 Å². The van der Waals surface area contributed by atoms with E-state index >= 15 is 0 Å². The summed E-state index contributed by atoms with van der Waals surface area (Å²) in [7, 11) is 3.04. The summed E-state index contributed by atoms with van der Waals surface area (Å²) in [5, 5.41) is 7.31. The van der Waals surface area contributed by atoms with Crippen LogP contribution in [0.1, 0.15) is 32.7 Å². The molecule has 0 saturated carbocycles. The molecule has 0 radical (unpaired) electrons. The van der Waals surface area contributed by atoms with Crippen molar-refractivity contribution in [3.8, 4) is 11.5 Å².